The third-order valence-electron chi connectivity index (χ3n) is 2.18. The second-order valence-electron chi connectivity index (χ2n) is 3.06. The smallest absolute Gasteiger partial charge is 0.252 e. The van der Waals surface area contributed by atoms with Crippen LogP contribution in [0.25, 0.3) is 0 Å². The molecule has 0 aromatic carbocycles. The number of hydrogen-bond acceptors (Lipinski definition) is 2. The van der Waals surface area contributed by atoms with E-state index in [1.54, 1.807) is 4.90 Å². The summed E-state index contributed by atoms with van der Waals surface area (Å²) in [6.45, 7) is 3.66. The van der Waals surface area contributed by atoms with Crippen LogP contribution in [0.5, 0.6) is 0 Å². The van der Waals surface area contributed by atoms with Gasteiger partial charge in [-0.3, -0.25) is 4.79 Å². The number of hydrogen-bond donors (Lipinski definition) is 0. The molecule has 0 N–H and O–H groups in total. The minimum absolute atomic E-state index is 0.0398. The van der Waals surface area contributed by atoms with Crippen molar-refractivity contribution in [3.05, 3.63) is 0 Å². The number of carbonyl (C=O) groups excluding carboxylic acids is 1. The maximum Gasteiger partial charge on any atom is 0.252 e. The van der Waals surface area contributed by atoms with Crippen LogP contribution in [0.1, 0.15) is 19.8 Å². The van der Waals surface area contributed by atoms with Crippen molar-refractivity contribution in [3.8, 4) is 12.3 Å². The van der Waals surface area contributed by atoms with Gasteiger partial charge >= 0.3 is 0 Å². The molecule has 1 unspecified atom stereocenters. The highest BCUT2D eigenvalue weighted by atomic mass is 16.5. The zero-order valence-electron chi connectivity index (χ0n) is 7.95. The summed E-state index contributed by atoms with van der Waals surface area (Å²) in [7, 11) is 0. The number of carbonyl (C=O) groups is 1. The van der Waals surface area contributed by atoms with Crippen LogP contribution >= 0.6 is 0 Å². The zero-order chi connectivity index (χ0) is 9.68. The number of amides is 1. The second-order valence-corrected chi connectivity index (χ2v) is 3.06. The maximum atomic E-state index is 11.7. The predicted octanol–water partition coefficient (Wildman–Crippen LogP) is 0.647. The minimum atomic E-state index is -0.242. The van der Waals surface area contributed by atoms with E-state index in [4.69, 9.17) is 11.2 Å². The highest BCUT2D eigenvalue weighted by molar-refractivity contribution is 5.81. The molecule has 0 saturated carbocycles. The Kier molecular flexibility index (Phi) is 3.78. The average molecular weight is 181 g/mol. The van der Waals surface area contributed by atoms with Crippen molar-refractivity contribution >= 4 is 5.91 Å². The molecule has 3 nitrogen and oxygen atoms in total. The minimum Gasteiger partial charge on any atom is -0.368 e. The second kappa shape index (κ2) is 4.88. The Morgan fingerprint density at radius 3 is 3.00 bits per heavy atom. The van der Waals surface area contributed by atoms with Crippen LogP contribution in [0.3, 0.4) is 0 Å². The molecule has 0 aromatic heterocycles. The molecule has 1 aliphatic heterocycles. The normalized spacial score (nSPS) is 21.1. The SMILES string of the molecule is C#CCN(CC)C(=O)C1CCCO1. The molecule has 3 heteroatoms. The first-order chi connectivity index (χ1) is 6.29. The summed E-state index contributed by atoms with van der Waals surface area (Å²) in [6.07, 6.45) is 6.72. The highest BCUT2D eigenvalue weighted by Gasteiger charge is 2.26. The molecule has 0 bridgehead atoms. The van der Waals surface area contributed by atoms with Crippen molar-refractivity contribution in [2.75, 3.05) is 19.7 Å². The van der Waals surface area contributed by atoms with Crippen LogP contribution < -0.4 is 0 Å². The Morgan fingerprint density at radius 2 is 2.54 bits per heavy atom. The van der Waals surface area contributed by atoms with Crippen molar-refractivity contribution in [2.24, 2.45) is 0 Å². The lowest BCUT2D eigenvalue weighted by Crippen LogP contribution is -2.38. The van der Waals surface area contributed by atoms with Crippen LogP contribution in [0, 0.1) is 12.3 Å². The number of rotatable bonds is 3. The topological polar surface area (TPSA) is 29.5 Å². The molecule has 0 aliphatic carbocycles. The van der Waals surface area contributed by atoms with E-state index in [0.29, 0.717) is 19.7 Å². The first-order valence-corrected chi connectivity index (χ1v) is 4.63. The van der Waals surface area contributed by atoms with Crippen molar-refractivity contribution in [3.63, 3.8) is 0 Å². The Bertz CT molecular complexity index is 213. The number of ether oxygens (including phenoxy) is 1. The monoisotopic (exact) mass is 181 g/mol. The van der Waals surface area contributed by atoms with E-state index < -0.39 is 0 Å². The average Bonchev–Trinajstić information content (AvgIpc) is 2.65. The lowest BCUT2D eigenvalue weighted by molar-refractivity contribution is -0.140. The van der Waals surface area contributed by atoms with Gasteiger partial charge in [0.15, 0.2) is 0 Å². The Balaban J connectivity index is 2.48. The number of nitrogens with zero attached hydrogens (tertiary/aromatic N) is 1. The van der Waals surface area contributed by atoms with Crippen LogP contribution in [0.15, 0.2) is 0 Å². The van der Waals surface area contributed by atoms with Crippen molar-refractivity contribution in [1.82, 2.24) is 4.90 Å². The van der Waals surface area contributed by atoms with Gasteiger partial charge in [0.25, 0.3) is 5.91 Å². The molecule has 13 heavy (non-hydrogen) atoms. The van der Waals surface area contributed by atoms with Crippen LogP contribution in [-0.4, -0.2) is 36.6 Å². The Labute approximate surface area is 79.1 Å². The summed E-state index contributed by atoms with van der Waals surface area (Å²) in [4.78, 5) is 13.3. The first kappa shape index (κ1) is 10.1. The largest absolute Gasteiger partial charge is 0.368 e. The molecule has 1 heterocycles. The Hall–Kier alpha value is -1.01. The van der Waals surface area contributed by atoms with E-state index >= 15 is 0 Å². The molecule has 0 spiro atoms. The van der Waals surface area contributed by atoms with Crippen molar-refractivity contribution in [2.45, 2.75) is 25.9 Å². The molecule has 0 aromatic rings. The van der Waals surface area contributed by atoms with E-state index in [1.807, 2.05) is 6.92 Å². The van der Waals surface area contributed by atoms with Gasteiger partial charge in [-0.1, -0.05) is 5.92 Å². The van der Waals surface area contributed by atoms with E-state index in [9.17, 15) is 4.79 Å². The quantitative estimate of drug-likeness (QED) is 0.598. The van der Waals surface area contributed by atoms with Gasteiger partial charge in [0.2, 0.25) is 0 Å². The summed E-state index contributed by atoms with van der Waals surface area (Å²) >= 11 is 0. The molecule has 72 valence electrons. The molecule has 1 saturated heterocycles. The molecule has 0 radical (unpaired) electrons. The predicted molar refractivity (Wildman–Crippen MR) is 50.1 cm³/mol. The molecule has 1 amide bonds. The fourth-order valence-electron chi connectivity index (χ4n) is 1.43. The Morgan fingerprint density at radius 1 is 1.77 bits per heavy atom. The molecule has 1 aliphatic rings. The fraction of sp³-hybridized carbons (Fsp3) is 0.700. The van der Waals surface area contributed by atoms with Crippen LogP contribution in [0.2, 0.25) is 0 Å². The number of terminal acetylenes is 1. The summed E-state index contributed by atoms with van der Waals surface area (Å²) in [5.41, 5.74) is 0. The lowest BCUT2D eigenvalue weighted by atomic mass is 10.2. The standard InChI is InChI=1S/C10H15NO2/c1-3-7-11(4-2)10(12)9-6-5-8-13-9/h1,9H,4-8H2,2H3. The van der Waals surface area contributed by atoms with Gasteiger partial charge in [-0.15, -0.1) is 6.42 Å². The highest BCUT2D eigenvalue weighted by Crippen LogP contribution is 2.14. The third-order valence-corrected chi connectivity index (χ3v) is 2.18. The molecular formula is C10H15NO2. The van der Waals surface area contributed by atoms with Gasteiger partial charge in [0.05, 0.1) is 6.54 Å². The van der Waals surface area contributed by atoms with E-state index in [0.717, 1.165) is 12.8 Å². The van der Waals surface area contributed by atoms with Crippen molar-refractivity contribution < 1.29 is 9.53 Å². The third kappa shape index (κ3) is 2.46. The van der Waals surface area contributed by atoms with E-state index in [1.165, 1.54) is 0 Å². The van der Waals surface area contributed by atoms with Gasteiger partial charge in [0.1, 0.15) is 6.10 Å². The summed E-state index contributed by atoms with van der Waals surface area (Å²) in [6, 6.07) is 0. The van der Waals surface area contributed by atoms with Crippen LogP contribution in [-0.2, 0) is 9.53 Å². The fourth-order valence-corrected chi connectivity index (χ4v) is 1.43. The zero-order valence-corrected chi connectivity index (χ0v) is 7.95. The van der Waals surface area contributed by atoms with Gasteiger partial charge in [-0.25, -0.2) is 0 Å². The summed E-state index contributed by atoms with van der Waals surface area (Å²) in [5, 5.41) is 0. The maximum absolute atomic E-state index is 11.7. The van der Waals surface area contributed by atoms with Crippen LogP contribution in [0.4, 0.5) is 0 Å². The van der Waals surface area contributed by atoms with Gasteiger partial charge in [-0.05, 0) is 19.8 Å². The van der Waals surface area contributed by atoms with Crippen molar-refractivity contribution in [1.29, 1.82) is 0 Å². The molecular weight excluding hydrogens is 166 g/mol. The van der Waals surface area contributed by atoms with Gasteiger partial charge in [0, 0.05) is 13.2 Å². The summed E-state index contributed by atoms with van der Waals surface area (Å²) < 4.78 is 5.28. The molecule has 1 rings (SSSR count). The molecule has 1 fully saturated rings. The van der Waals surface area contributed by atoms with Gasteiger partial charge in [-0.2, -0.15) is 0 Å². The summed E-state index contributed by atoms with van der Waals surface area (Å²) in [5.74, 6) is 2.51. The lowest BCUT2D eigenvalue weighted by Gasteiger charge is -2.21. The number of likely N-dealkylation sites (N-methyl/N-ethyl adjacent to an activating group) is 1. The van der Waals surface area contributed by atoms with Gasteiger partial charge < -0.3 is 9.64 Å². The van der Waals surface area contributed by atoms with E-state index in [-0.39, 0.29) is 12.0 Å². The first-order valence-electron chi connectivity index (χ1n) is 4.63. The molecule has 1 atom stereocenters. The van der Waals surface area contributed by atoms with E-state index in [2.05, 4.69) is 5.92 Å².